The van der Waals surface area contributed by atoms with E-state index < -0.39 is 17.5 Å². The van der Waals surface area contributed by atoms with Crippen LogP contribution < -0.4 is 0 Å². The van der Waals surface area contributed by atoms with Gasteiger partial charge in [-0.25, -0.2) is 8.78 Å². The minimum atomic E-state index is -1.12. The van der Waals surface area contributed by atoms with E-state index in [4.69, 9.17) is 11.6 Å². The van der Waals surface area contributed by atoms with Crippen molar-refractivity contribution in [3.8, 4) is 0 Å². The van der Waals surface area contributed by atoms with Gasteiger partial charge in [0, 0.05) is 31.7 Å². The molecule has 3 aromatic carbocycles. The van der Waals surface area contributed by atoms with Crippen LogP contribution in [0.15, 0.2) is 54.6 Å². The molecule has 0 aliphatic carbocycles. The Bertz CT molecular complexity index is 1110. The van der Waals surface area contributed by atoms with Crippen molar-refractivity contribution in [3.63, 3.8) is 0 Å². The molecule has 1 heterocycles. The van der Waals surface area contributed by atoms with Gasteiger partial charge in [0.15, 0.2) is 11.6 Å². The number of hydrogen-bond acceptors (Lipinski definition) is 2. The topological polar surface area (TPSA) is 40.6 Å². The van der Waals surface area contributed by atoms with E-state index in [2.05, 4.69) is 0 Å². The molecule has 3 aromatic rings. The first-order chi connectivity index (χ1) is 13.9. The zero-order valence-corrected chi connectivity index (χ0v) is 16.1. The zero-order valence-electron chi connectivity index (χ0n) is 15.4. The lowest BCUT2D eigenvalue weighted by molar-refractivity contribution is 0.0535. The molecule has 148 valence electrons. The fraction of sp³-hybridized carbons (Fsp3) is 0.182. The summed E-state index contributed by atoms with van der Waals surface area (Å²) in [6, 6.07) is 15.0. The molecule has 4 rings (SSSR count). The van der Waals surface area contributed by atoms with Gasteiger partial charge in [0.05, 0.1) is 10.6 Å². The highest BCUT2D eigenvalue weighted by Crippen LogP contribution is 2.23. The summed E-state index contributed by atoms with van der Waals surface area (Å²) in [5, 5.41) is 1.91. The number of amides is 2. The lowest BCUT2D eigenvalue weighted by atomic mass is 10.1. The number of hydrogen-bond donors (Lipinski definition) is 0. The molecule has 1 fully saturated rings. The number of halogens is 3. The average Bonchev–Trinajstić information content (AvgIpc) is 2.75. The molecule has 0 saturated carbocycles. The van der Waals surface area contributed by atoms with Gasteiger partial charge in [-0.3, -0.25) is 9.59 Å². The van der Waals surface area contributed by atoms with Gasteiger partial charge in [0.1, 0.15) is 0 Å². The molecule has 0 unspecified atom stereocenters. The van der Waals surface area contributed by atoms with E-state index in [1.807, 2.05) is 36.4 Å². The molecule has 0 atom stereocenters. The van der Waals surface area contributed by atoms with Crippen molar-refractivity contribution in [2.45, 2.75) is 0 Å². The number of rotatable bonds is 2. The van der Waals surface area contributed by atoms with Gasteiger partial charge < -0.3 is 9.80 Å². The van der Waals surface area contributed by atoms with Crippen LogP contribution in [0.1, 0.15) is 20.7 Å². The Morgan fingerprint density at radius 3 is 2.03 bits per heavy atom. The standard InChI is InChI=1S/C22H17ClF2N2O2/c23-18-13-20(25)19(24)12-17(18)22(29)27-9-7-26(8-10-27)21(28)16-6-5-14-3-1-2-4-15(14)11-16/h1-6,11-13H,7-10H2. The Kier molecular flexibility index (Phi) is 5.20. The van der Waals surface area contributed by atoms with Crippen molar-refractivity contribution in [2.24, 2.45) is 0 Å². The second-order valence-electron chi connectivity index (χ2n) is 6.89. The van der Waals surface area contributed by atoms with E-state index in [-0.39, 0.29) is 29.6 Å². The van der Waals surface area contributed by atoms with Gasteiger partial charge in [-0.1, -0.05) is 41.9 Å². The highest BCUT2D eigenvalue weighted by atomic mass is 35.5. The molecule has 0 radical (unpaired) electrons. The van der Waals surface area contributed by atoms with Crippen molar-refractivity contribution in [3.05, 3.63) is 82.4 Å². The van der Waals surface area contributed by atoms with E-state index >= 15 is 0 Å². The highest BCUT2D eigenvalue weighted by molar-refractivity contribution is 6.33. The average molecular weight is 415 g/mol. The SMILES string of the molecule is O=C(c1ccc2ccccc2c1)N1CCN(C(=O)c2cc(F)c(F)cc2Cl)CC1. The Labute approximate surface area is 171 Å². The molecule has 2 amide bonds. The molecule has 1 aliphatic heterocycles. The third-order valence-corrected chi connectivity index (χ3v) is 5.40. The van der Waals surface area contributed by atoms with Crippen LogP contribution in [-0.2, 0) is 0 Å². The van der Waals surface area contributed by atoms with Gasteiger partial charge in [-0.15, -0.1) is 0 Å². The van der Waals surface area contributed by atoms with Crippen LogP contribution in [0.2, 0.25) is 5.02 Å². The Hall–Kier alpha value is -2.99. The van der Waals surface area contributed by atoms with E-state index in [0.717, 1.165) is 22.9 Å². The van der Waals surface area contributed by atoms with Crippen LogP contribution in [-0.4, -0.2) is 47.8 Å². The van der Waals surface area contributed by atoms with Crippen LogP contribution in [0, 0.1) is 11.6 Å². The Balaban J connectivity index is 1.45. The third kappa shape index (κ3) is 3.80. The van der Waals surface area contributed by atoms with E-state index in [1.54, 1.807) is 11.0 Å². The largest absolute Gasteiger partial charge is 0.335 e. The number of fused-ring (bicyclic) bond motifs is 1. The van der Waals surface area contributed by atoms with Gasteiger partial charge >= 0.3 is 0 Å². The molecule has 1 aliphatic rings. The molecule has 0 spiro atoms. The van der Waals surface area contributed by atoms with Gasteiger partial charge in [-0.05, 0) is 35.0 Å². The summed E-state index contributed by atoms with van der Waals surface area (Å²) in [7, 11) is 0. The summed E-state index contributed by atoms with van der Waals surface area (Å²) in [6.07, 6.45) is 0. The summed E-state index contributed by atoms with van der Waals surface area (Å²) < 4.78 is 26.7. The lowest BCUT2D eigenvalue weighted by Crippen LogP contribution is -2.50. The van der Waals surface area contributed by atoms with Crippen molar-refractivity contribution >= 4 is 34.2 Å². The smallest absolute Gasteiger partial charge is 0.255 e. The summed E-state index contributed by atoms with van der Waals surface area (Å²) in [4.78, 5) is 28.6. The van der Waals surface area contributed by atoms with Gasteiger partial charge in [0.25, 0.3) is 11.8 Å². The van der Waals surface area contributed by atoms with Crippen LogP contribution in [0.3, 0.4) is 0 Å². The van der Waals surface area contributed by atoms with Gasteiger partial charge in [0.2, 0.25) is 0 Å². The first-order valence-corrected chi connectivity index (χ1v) is 9.54. The quantitative estimate of drug-likeness (QED) is 0.584. The normalized spacial score (nSPS) is 14.3. The predicted molar refractivity (Wildman–Crippen MR) is 107 cm³/mol. The number of piperazine rings is 1. The van der Waals surface area contributed by atoms with Crippen LogP contribution in [0.4, 0.5) is 8.78 Å². The molecule has 29 heavy (non-hydrogen) atoms. The monoisotopic (exact) mass is 414 g/mol. The minimum absolute atomic E-state index is 0.0835. The summed E-state index contributed by atoms with van der Waals surface area (Å²) in [6.45, 7) is 1.26. The predicted octanol–water partition coefficient (Wildman–Crippen LogP) is 4.37. The fourth-order valence-corrected chi connectivity index (χ4v) is 3.71. The van der Waals surface area contributed by atoms with E-state index in [9.17, 15) is 18.4 Å². The molecular formula is C22H17ClF2N2O2. The summed E-state index contributed by atoms with van der Waals surface area (Å²) >= 11 is 5.90. The van der Waals surface area contributed by atoms with Crippen LogP contribution >= 0.6 is 11.6 Å². The first kappa shape index (κ1) is 19.3. The maximum Gasteiger partial charge on any atom is 0.255 e. The van der Waals surface area contributed by atoms with E-state index in [1.165, 1.54) is 4.90 Å². The van der Waals surface area contributed by atoms with Crippen LogP contribution in [0.5, 0.6) is 0 Å². The number of carbonyl (C=O) groups is 2. The number of benzene rings is 3. The lowest BCUT2D eigenvalue weighted by Gasteiger charge is -2.35. The zero-order chi connectivity index (χ0) is 20.5. The maximum atomic E-state index is 13.5. The Morgan fingerprint density at radius 1 is 0.759 bits per heavy atom. The number of nitrogens with zero attached hydrogens (tertiary/aromatic N) is 2. The van der Waals surface area contributed by atoms with Gasteiger partial charge in [-0.2, -0.15) is 0 Å². The molecule has 0 bridgehead atoms. The second-order valence-corrected chi connectivity index (χ2v) is 7.30. The van der Waals surface area contributed by atoms with Crippen molar-refractivity contribution in [1.29, 1.82) is 0 Å². The minimum Gasteiger partial charge on any atom is -0.335 e. The molecular weight excluding hydrogens is 398 g/mol. The van der Waals surface area contributed by atoms with Crippen molar-refractivity contribution in [2.75, 3.05) is 26.2 Å². The maximum absolute atomic E-state index is 13.5. The van der Waals surface area contributed by atoms with Crippen molar-refractivity contribution < 1.29 is 18.4 Å². The highest BCUT2D eigenvalue weighted by Gasteiger charge is 2.27. The summed E-state index contributed by atoms with van der Waals surface area (Å²) in [5.74, 6) is -2.80. The fourth-order valence-electron chi connectivity index (χ4n) is 3.47. The number of carbonyl (C=O) groups excluding carboxylic acids is 2. The molecule has 4 nitrogen and oxygen atoms in total. The van der Waals surface area contributed by atoms with E-state index in [0.29, 0.717) is 18.7 Å². The Morgan fingerprint density at radius 2 is 1.34 bits per heavy atom. The van der Waals surface area contributed by atoms with Crippen molar-refractivity contribution in [1.82, 2.24) is 9.80 Å². The molecule has 1 saturated heterocycles. The summed E-state index contributed by atoms with van der Waals surface area (Å²) in [5.41, 5.74) is 0.506. The third-order valence-electron chi connectivity index (χ3n) is 5.09. The first-order valence-electron chi connectivity index (χ1n) is 9.16. The van der Waals surface area contributed by atoms with Crippen LogP contribution in [0.25, 0.3) is 10.8 Å². The molecule has 0 N–H and O–H groups in total. The molecule has 7 heteroatoms. The molecule has 0 aromatic heterocycles. The second kappa shape index (κ2) is 7.79.